The predicted octanol–water partition coefficient (Wildman–Crippen LogP) is 2.59. The third-order valence-electron chi connectivity index (χ3n) is 4.61. The molecular formula is C19H30FN3O. The van der Waals surface area contributed by atoms with E-state index in [4.69, 9.17) is 0 Å². The molecule has 0 saturated carbocycles. The number of likely N-dealkylation sites (N-methyl/N-ethyl adjacent to an activating group) is 1. The van der Waals surface area contributed by atoms with Gasteiger partial charge in [-0.1, -0.05) is 31.9 Å². The van der Waals surface area contributed by atoms with E-state index in [0.717, 1.165) is 51.1 Å². The number of hydrogen-bond donors (Lipinski definition) is 0. The van der Waals surface area contributed by atoms with Crippen molar-refractivity contribution in [3.05, 3.63) is 35.6 Å². The average Bonchev–Trinajstić information content (AvgIpc) is 2.57. The van der Waals surface area contributed by atoms with E-state index < -0.39 is 0 Å². The lowest BCUT2D eigenvalue weighted by molar-refractivity contribution is -0.134. The van der Waals surface area contributed by atoms with Crippen LogP contribution in [0.2, 0.25) is 0 Å². The molecule has 0 bridgehead atoms. The van der Waals surface area contributed by atoms with E-state index in [0.29, 0.717) is 13.1 Å². The van der Waals surface area contributed by atoms with E-state index >= 15 is 0 Å². The van der Waals surface area contributed by atoms with Crippen molar-refractivity contribution in [3.63, 3.8) is 0 Å². The van der Waals surface area contributed by atoms with Gasteiger partial charge in [-0.05, 0) is 37.7 Å². The van der Waals surface area contributed by atoms with E-state index in [1.165, 1.54) is 18.6 Å². The van der Waals surface area contributed by atoms with Gasteiger partial charge < -0.3 is 9.80 Å². The van der Waals surface area contributed by atoms with Crippen molar-refractivity contribution in [1.29, 1.82) is 0 Å². The molecule has 0 aliphatic carbocycles. The van der Waals surface area contributed by atoms with Gasteiger partial charge in [-0.2, -0.15) is 0 Å². The van der Waals surface area contributed by atoms with Gasteiger partial charge in [0.05, 0.1) is 6.54 Å². The summed E-state index contributed by atoms with van der Waals surface area (Å²) in [4.78, 5) is 19.0. The Morgan fingerprint density at radius 1 is 1.12 bits per heavy atom. The number of carbonyl (C=O) groups excluding carboxylic acids is 1. The van der Waals surface area contributed by atoms with E-state index in [9.17, 15) is 9.18 Å². The highest BCUT2D eigenvalue weighted by Crippen LogP contribution is 2.10. The Hall–Kier alpha value is -1.46. The molecule has 1 saturated heterocycles. The standard InChI is InChI=1S/C19H30FN3O/c1-3-4-5-10-22(15-17-6-8-18(20)9-7-17)16-19(24)23-13-11-21(2)12-14-23/h6-9H,3-5,10-16H2,1-2H3. The van der Waals surface area contributed by atoms with Crippen molar-refractivity contribution in [2.24, 2.45) is 0 Å². The predicted molar refractivity (Wildman–Crippen MR) is 95.3 cm³/mol. The molecule has 134 valence electrons. The van der Waals surface area contributed by atoms with Crippen molar-refractivity contribution in [2.75, 3.05) is 46.3 Å². The minimum Gasteiger partial charge on any atom is -0.339 e. The van der Waals surface area contributed by atoms with Gasteiger partial charge in [-0.15, -0.1) is 0 Å². The molecule has 5 heteroatoms. The second-order valence-corrected chi connectivity index (χ2v) is 6.73. The molecule has 1 aromatic rings. The Bertz CT molecular complexity index is 498. The summed E-state index contributed by atoms with van der Waals surface area (Å²) in [6, 6.07) is 6.59. The normalized spacial score (nSPS) is 15.9. The highest BCUT2D eigenvalue weighted by molar-refractivity contribution is 5.78. The first-order valence-electron chi connectivity index (χ1n) is 9.01. The Morgan fingerprint density at radius 2 is 1.79 bits per heavy atom. The molecule has 4 nitrogen and oxygen atoms in total. The van der Waals surface area contributed by atoms with Crippen molar-refractivity contribution in [3.8, 4) is 0 Å². The van der Waals surface area contributed by atoms with Gasteiger partial charge >= 0.3 is 0 Å². The highest BCUT2D eigenvalue weighted by atomic mass is 19.1. The summed E-state index contributed by atoms with van der Waals surface area (Å²) in [5.74, 6) is -0.00786. The zero-order chi connectivity index (χ0) is 17.4. The van der Waals surface area contributed by atoms with Gasteiger partial charge in [0.25, 0.3) is 0 Å². The lowest BCUT2D eigenvalue weighted by Gasteiger charge is -2.34. The zero-order valence-corrected chi connectivity index (χ0v) is 15.0. The number of hydrogen-bond acceptors (Lipinski definition) is 3. The van der Waals surface area contributed by atoms with Crippen LogP contribution in [-0.4, -0.2) is 66.9 Å². The fraction of sp³-hybridized carbons (Fsp3) is 0.632. The van der Waals surface area contributed by atoms with Crippen LogP contribution in [0.25, 0.3) is 0 Å². The van der Waals surface area contributed by atoms with Crippen molar-refractivity contribution in [1.82, 2.24) is 14.7 Å². The number of piperazine rings is 1. The molecule has 1 aromatic carbocycles. The van der Waals surface area contributed by atoms with Gasteiger partial charge in [-0.3, -0.25) is 9.69 Å². The van der Waals surface area contributed by atoms with Crippen LogP contribution >= 0.6 is 0 Å². The highest BCUT2D eigenvalue weighted by Gasteiger charge is 2.21. The summed E-state index contributed by atoms with van der Waals surface area (Å²) in [6.07, 6.45) is 3.42. The third-order valence-corrected chi connectivity index (χ3v) is 4.61. The summed E-state index contributed by atoms with van der Waals surface area (Å²) in [5, 5.41) is 0. The molecule has 2 rings (SSSR count). The van der Waals surface area contributed by atoms with Crippen molar-refractivity contribution >= 4 is 5.91 Å². The lowest BCUT2D eigenvalue weighted by atomic mass is 10.2. The molecule has 0 unspecified atom stereocenters. The molecule has 0 aromatic heterocycles. The van der Waals surface area contributed by atoms with Gasteiger partial charge in [0, 0.05) is 32.7 Å². The summed E-state index contributed by atoms with van der Waals surface area (Å²) in [6.45, 7) is 7.75. The summed E-state index contributed by atoms with van der Waals surface area (Å²) < 4.78 is 13.1. The van der Waals surface area contributed by atoms with E-state index in [1.807, 2.05) is 17.0 Å². The monoisotopic (exact) mass is 335 g/mol. The van der Waals surface area contributed by atoms with Crippen LogP contribution in [0.3, 0.4) is 0 Å². The topological polar surface area (TPSA) is 26.8 Å². The molecule has 24 heavy (non-hydrogen) atoms. The van der Waals surface area contributed by atoms with Gasteiger partial charge in [0.1, 0.15) is 5.82 Å². The minimum atomic E-state index is -0.218. The minimum absolute atomic E-state index is 0.210. The van der Waals surface area contributed by atoms with Crippen LogP contribution in [0, 0.1) is 5.82 Å². The number of unbranched alkanes of at least 4 members (excludes halogenated alkanes) is 2. The number of nitrogens with zero attached hydrogens (tertiary/aromatic N) is 3. The lowest BCUT2D eigenvalue weighted by Crippen LogP contribution is -2.50. The smallest absolute Gasteiger partial charge is 0.236 e. The van der Waals surface area contributed by atoms with E-state index in [1.54, 1.807) is 0 Å². The number of benzene rings is 1. The molecule has 1 fully saturated rings. The van der Waals surface area contributed by atoms with E-state index in [-0.39, 0.29) is 11.7 Å². The largest absolute Gasteiger partial charge is 0.339 e. The van der Waals surface area contributed by atoms with Crippen molar-refractivity contribution in [2.45, 2.75) is 32.7 Å². The number of halogens is 1. The molecule has 1 amide bonds. The first-order chi connectivity index (χ1) is 11.6. The first kappa shape index (κ1) is 18.9. The maximum absolute atomic E-state index is 13.1. The average molecular weight is 335 g/mol. The fourth-order valence-corrected chi connectivity index (χ4v) is 2.99. The summed E-state index contributed by atoms with van der Waals surface area (Å²) in [7, 11) is 2.09. The number of amides is 1. The fourth-order valence-electron chi connectivity index (χ4n) is 2.99. The molecule has 0 radical (unpaired) electrons. The van der Waals surface area contributed by atoms with Crippen LogP contribution in [-0.2, 0) is 11.3 Å². The van der Waals surface area contributed by atoms with Crippen LogP contribution in [0.1, 0.15) is 31.7 Å². The van der Waals surface area contributed by atoms with Gasteiger partial charge in [-0.25, -0.2) is 4.39 Å². The number of rotatable bonds is 8. The second kappa shape index (κ2) is 9.74. The van der Waals surface area contributed by atoms with Gasteiger partial charge in [0.15, 0.2) is 0 Å². The maximum atomic E-state index is 13.1. The van der Waals surface area contributed by atoms with Crippen molar-refractivity contribution < 1.29 is 9.18 Å². The molecular weight excluding hydrogens is 305 g/mol. The quantitative estimate of drug-likeness (QED) is 0.683. The summed E-state index contributed by atoms with van der Waals surface area (Å²) >= 11 is 0. The van der Waals surface area contributed by atoms with E-state index in [2.05, 4.69) is 23.8 Å². The Labute approximate surface area is 145 Å². The first-order valence-corrected chi connectivity index (χ1v) is 9.01. The van der Waals surface area contributed by atoms with Crippen LogP contribution in [0.4, 0.5) is 4.39 Å². The Balaban J connectivity index is 1.91. The third kappa shape index (κ3) is 6.21. The molecule has 1 aliphatic rings. The molecule has 1 heterocycles. The molecule has 1 aliphatic heterocycles. The number of carbonyl (C=O) groups is 1. The van der Waals surface area contributed by atoms with Crippen LogP contribution < -0.4 is 0 Å². The van der Waals surface area contributed by atoms with Crippen LogP contribution in [0.5, 0.6) is 0 Å². The summed E-state index contributed by atoms with van der Waals surface area (Å²) in [5.41, 5.74) is 1.05. The maximum Gasteiger partial charge on any atom is 0.236 e. The van der Waals surface area contributed by atoms with Crippen LogP contribution in [0.15, 0.2) is 24.3 Å². The molecule has 0 atom stereocenters. The SMILES string of the molecule is CCCCCN(CC(=O)N1CCN(C)CC1)Cc1ccc(F)cc1. The molecule has 0 spiro atoms. The second-order valence-electron chi connectivity index (χ2n) is 6.73. The molecule has 0 N–H and O–H groups in total. The zero-order valence-electron chi connectivity index (χ0n) is 15.0. The van der Waals surface area contributed by atoms with Gasteiger partial charge in [0.2, 0.25) is 5.91 Å². The Morgan fingerprint density at radius 3 is 2.42 bits per heavy atom. The Kier molecular flexibility index (Phi) is 7.66.